The van der Waals surface area contributed by atoms with E-state index in [4.69, 9.17) is 10.5 Å². The van der Waals surface area contributed by atoms with E-state index >= 15 is 0 Å². The number of hydrogen-bond acceptors (Lipinski definition) is 3. The van der Waals surface area contributed by atoms with Crippen molar-refractivity contribution in [2.45, 2.75) is 18.9 Å². The number of carbonyl (C=O) groups excluding carboxylic acids is 1. The van der Waals surface area contributed by atoms with E-state index in [9.17, 15) is 4.79 Å². The zero-order chi connectivity index (χ0) is 12.3. The predicted octanol–water partition coefficient (Wildman–Crippen LogP) is 1.70. The van der Waals surface area contributed by atoms with Crippen LogP contribution >= 0.6 is 0 Å². The number of rotatable bonds is 2. The minimum atomic E-state index is -0.266. The van der Waals surface area contributed by atoms with Crippen LogP contribution in [0.5, 0.6) is 0 Å². The van der Waals surface area contributed by atoms with Gasteiger partial charge in [0.05, 0.1) is 13.2 Å². The van der Waals surface area contributed by atoms with Gasteiger partial charge in [0.1, 0.15) is 0 Å². The van der Waals surface area contributed by atoms with Gasteiger partial charge in [-0.25, -0.2) is 4.79 Å². The highest BCUT2D eigenvalue weighted by Gasteiger charge is 2.30. The van der Waals surface area contributed by atoms with E-state index in [2.05, 4.69) is 12.1 Å². The molecule has 92 valence electrons. The van der Waals surface area contributed by atoms with Crippen LogP contribution in [0, 0.1) is 0 Å². The summed E-state index contributed by atoms with van der Waals surface area (Å²) >= 11 is 0. The van der Waals surface area contributed by atoms with Crippen LogP contribution in [0.25, 0.3) is 0 Å². The van der Waals surface area contributed by atoms with Gasteiger partial charge in [-0.05, 0) is 30.5 Å². The second-order valence-corrected chi connectivity index (χ2v) is 4.21. The van der Waals surface area contributed by atoms with Crippen LogP contribution in [-0.4, -0.2) is 31.2 Å². The van der Waals surface area contributed by atoms with Crippen LogP contribution in [0.2, 0.25) is 0 Å². The third-order valence-electron chi connectivity index (χ3n) is 3.26. The quantitative estimate of drug-likeness (QED) is 0.847. The van der Waals surface area contributed by atoms with E-state index in [-0.39, 0.29) is 12.1 Å². The van der Waals surface area contributed by atoms with Gasteiger partial charge < -0.3 is 15.4 Å². The summed E-state index contributed by atoms with van der Waals surface area (Å²) in [7, 11) is 1.42. The molecule has 0 spiro atoms. The average molecular weight is 234 g/mol. The first-order valence-electron chi connectivity index (χ1n) is 5.90. The third kappa shape index (κ3) is 2.26. The van der Waals surface area contributed by atoms with E-state index in [1.165, 1.54) is 18.2 Å². The molecule has 0 saturated carbocycles. The topological polar surface area (TPSA) is 55.6 Å². The number of hydrogen-bond donors (Lipinski definition) is 1. The number of nitrogens with two attached hydrogens (primary N) is 1. The summed E-state index contributed by atoms with van der Waals surface area (Å²) in [4.78, 5) is 13.5. The van der Waals surface area contributed by atoms with Crippen molar-refractivity contribution in [2.24, 2.45) is 5.73 Å². The van der Waals surface area contributed by atoms with Crippen molar-refractivity contribution in [3.63, 3.8) is 0 Å². The summed E-state index contributed by atoms with van der Waals surface area (Å²) < 4.78 is 4.83. The summed E-state index contributed by atoms with van der Waals surface area (Å²) in [5.41, 5.74) is 8.16. The summed E-state index contributed by atoms with van der Waals surface area (Å²) in [6, 6.07) is 8.28. The van der Waals surface area contributed by atoms with Crippen molar-refractivity contribution < 1.29 is 9.53 Å². The van der Waals surface area contributed by atoms with Crippen molar-refractivity contribution in [2.75, 3.05) is 20.2 Å². The van der Waals surface area contributed by atoms with Gasteiger partial charge in [0, 0.05) is 6.54 Å². The zero-order valence-corrected chi connectivity index (χ0v) is 10.1. The second kappa shape index (κ2) is 5.19. The minimum Gasteiger partial charge on any atom is -0.453 e. The third-order valence-corrected chi connectivity index (χ3v) is 3.26. The smallest absolute Gasteiger partial charge is 0.410 e. The molecule has 17 heavy (non-hydrogen) atoms. The lowest BCUT2D eigenvalue weighted by atomic mass is 9.91. The fourth-order valence-corrected chi connectivity index (χ4v) is 2.46. The van der Waals surface area contributed by atoms with Crippen molar-refractivity contribution in [3.05, 3.63) is 35.4 Å². The number of nitrogens with zero attached hydrogens (tertiary/aromatic N) is 1. The second-order valence-electron chi connectivity index (χ2n) is 4.21. The van der Waals surface area contributed by atoms with Gasteiger partial charge >= 0.3 is 6.09 Å². The predicted molar refractivity (Wildman–Crippen MR) is 65.7 cm³/mol. The fourth-order valence-electron chi connectivity index (χ4n) is 2.46. The Morgan fingerprint density at radius 3 is 3.00 bits per heavy atom. The summed E-state index contributed by atoms with van der Waals surface area (Å²) in [5, 5.41) is 0. The van der Waals surface area contributed by atoms with Gasteiger partial charge in [-0.3, -0.25) is 0 Å². The lowest BCUT2D eigenvalue weighted by molar-refractivity contribution is 0.0989. The molecule has 1 atom stereocenters. The molecule has 0 bridgehead atoms. The Morgan fingerprint density at radius 1 is 1.53 bits per heavy atom. The largest absolute Gasteiger partial charge is 0.453 e. The molecule has 1 aromatic carbocycles. The molecule has 0 aromatic heterocycles. The number of amides is 1. The molecular formula is C13H18N2O2. The molecule has 1 amide bonds. The van der Waals surface area contributed by atoms with Crippen LogP contribution in [-0.2, 0) is 11.2 Å². The molecule has 4 nitrogen and oxygen atoms in total. The van der Waals surface area contributed by atoms with Crippen molar-refractivity contribution in [1.29, 1.82) is 0 Å². The first-order chi connectivity index (χ1) is 8.27. The molecule has 1 aliphatic heterocycles. The molecule has 0 fully saturated rings. The van der Waals surface area contributed by atoms with E-state index < -0.39 is 0 Å². The first kappa shape index (κ1) is 11.9. The van der Waals surface area contributed by atoms with Crippen molar-refractivity contribution in [1.82, 2.24) is 4.90 Å². The van der Waals surface area contributed by atoms with Crippen LogP contribution in [0.3, 0.4) is 0 Å². The lowest BCUT2D eigenvalue weighted by Gasteiger charge is -2.36. The molecule has 0 saturated heterocycles. The van der Waals surface area contributed by atoms with Crippen LogP contribution in [0.15, 0.2) is 24.3 Å². The summed E-state index contributed by atoms with van der Waals surface area (Å²) in [6.45, 7) is 1.26. The molecule has 2 rings (SSSR count). The number of methoxy groups -OCH3 is 1. The Bertz CT molecular complexity index is 406. The number of benzene rings is 1. The summed E-state index contributed by atoms with van der Waals surface area (Å²) in [6.07, 6.45) is 1.39. The maximum absolute atomic E-state index is 11.7. The normalized spacial score (nSPS) is 18.7. The van der Waals surface area contributed by atoms with Crippen molar-refractivity contribution >= 4 is 6.09 Å². The van der Waals surface area contributed by atoms with E-state index in [1.807, 2.05) is 12.1 Å². The average Bonchev–Trinajstić information content (AvgIpc) is 2.38. The number of fused-ring (bicyclic) bond motifs is 1. The highest BCUT2D eigenvalue weighted by Crippen LogP contribution is 2.32. The van der Waals surface area contributed by atoms with Crippen LogP contribution < -0.4 is 5.73 Å². The van der Waals surface area contributed by atoms with Gasteiger partial charge in [-0.15, -0.1) is 0 Å². The van der Waals surface area contributed by atoms with E-state index in [0.717, 1.165) is 12.8 Å². The van der Waals surface area contributed by atoms with E-state index in [1.54, 1.807) is 4.90 Å². The monoisotopic (exact) mass is 234 g/mol. The Morgan fingerprint density at radius 2 is 2.29 bits per heavy atom. The highest BCUT2D eigenvalue weighted by molar-refractivity contribution is 5.68. The Balaban J connectivity index is 2.32. The maximum Gasteiger partial charge on any atom is 0.410 e. The van der Waals surface area contributed by atoms with Gasteiger partial charge in [0.2, 0.25) is 0 Å². The van der Waals surface area contributed by atoms with Gasteiger partial charge in [-0.1, -0.05) is 24.3 Å². The molecule has 0 aliphatic carbocycles. The maximum atomic E-state index is 11.7. The standard InChI is InChI=1S/C13H18N2O2/c1-17-13(16)15-9-7-10-4-2-3-5-11(10)12(15)6-8-14/h2-5,12H,6-9,14H2,1H3. The first-order valence-corrected chi connectivity index (χ1v) is 5.90. The highest BCUT2D eigenvalue weighted by atomic mass is 16.5. The Hall–Kier alpha value is -1.55. The van der Waals surface area contributed by atoms with Crippen molar-refractivity contribution in [3.8, 4) is 0 Å². The molecule has 2 N–H and O–H groups in total. The van der Waals surface area contributed by atoms with Crippen LogP contribution in [0.1, 0.15) is 23.6 Å². The van der Waals surface area contributed by atoms with E-state index in [0.29, 0.717) is 13.1 Å². The van der Waals surface area contributed by atoms with Gasteiger partial charge in [0.25, 0.3) is 0 Å². The fraction of sp³-hybridized carbons (Fsp3) is 0.462. The molecule has 1 unspecified atom stereocenters. The minimum absolute atomic E-state index is 0.0531. The lowest BCUT2D eigenvalue weighted by Crippen LogP contribution is -2.40. The SMILES string of the molecule is COC(=O)N1CCc2ccccc2C1CCN. The summed E-state index contributed by atoms with van der Waals surface area (Å²) in [5.74, 6) is 0. The molecule has 0 radical (unpaired) electrons. The number of ether oxygens (including phenoxy) is 1. The molecule has 1 heterocycles. The van der Waals surface area contributed by atoms with Crippen LogP contribution in [0.4, 0.5) is 4.79 Å². The molecular weight excluding hydrogens is 216 g/mol. The van der Waals surface area contributed by atoms with Gasteiger partial charge in [0.15, 0.2) is 0 Å². The zero-order valence-electron chi connectivity index (χ0n) is 10.1. The van der Waals surface area contributed by atoms with Gasteiger partial charge in [-0.2, -0.15) is 0 Å². The Kier molecular flexibility index (Phi) is 3.64. The number of carbonyl (C=O) groups is 1. The Labute approximate surface area is 101 Å². The molecule has 4 heteroatoms. The molecule has 1 aliphatic rings. The molecule has 1 aromatic rings.